The van der Waals surface area contributed by atoms with E-state index in [-0.39, 0.29) is 5.56 Å². The molecule has 3 aromatic carbocycles. The molecule has 3 aromatic rings. The van der Waals surface area contributed by atoms with Gasteiger partial charge in [-0.2, -0.15) is 0 Å². The van der Waals surface area contributed by atoms with Crippen molar-refractivity contribution in [3.05, 3.63) is 103 Å². The van der Waals surface area contributed by atoms with Gasteiger partial charge in [0.05, 0.1) is 8.49 Å². The lowest BCUT2D eigenvalue weighted by atomic mass is 10.1. The molecule has 0 fully saturated rings. The van der Waals surface area contributed by atoms with Crippen molar-refractivity contribution in [3.63, 3.8) is 0 Å². The smallest absolute Gasteiger partial charge is 0.352 e. The van der Waals surface area contributed by atoms with E-state index < -0.39 is 28.2 Å². The topological polar surface area (TPSA) is 119 Å². The van der Waals surface area contributed by atoms with Crippen molar-refractivity contribution in [1.29, 1.82) is 0 Å². The number of carbonyl (C=O) groups is 2. The largest absolute Gasteiger partial charge is 0.477 e. The lowest BCUT2D eigenvalue weighted by Gasteiger charge is -2.09. The van der Waals surface area contributed by atoms with Gasteiger partial charge in [0.1, 0.15) is 22.8 Å². The number of hydrogen-bond acceptors (Lipinski definition) is 5. The lowest BCUT2D eigenvalue weighted by molar-refractivity contribution is -0.385. The average Bonchev–Trinajstić information content (AvgIpc) is 2.76. The number of nitro groups is 1. The zero-order chi connectivity index (χ0) is 22.4. The van der Waals surface area contributed by atoms with Gasteiger partial charge in [-0.3, -0.25) is 14.9 Å². The average molecular weight is 530 g/mol. The number of para-hydroxylation sites is 2. The highest BCUT2D eigenvalue weighted by molar-refractivity contribution is 14.1. The fraction of sp³-hybridized carbons (Fsp3) is 0. The molecule has 0 unspecified atom stereocenters. The number of carbonyl (C=O) groups excluding carboxylic acids is 1. The highest BCUT2D eigenvalue weighted by atomic mass is 127. The molecule has 0 aromatic heterocycles. The van der Waals surface area contributed by atoms with Gasteiger partial charge < -0.3 is 15.2 Å². The molecular formula is C22H15IN2O6. The summed E-state index contributed by atoms with van der Waals surface area (Å²) >= 11 is 2.16. The predicted molar refractivity (Wildman–Crippen MR) is 122 cm³/mol. The molecule has 0 saturated carbocycles. The van der Waals surface area contributed by atoms with Crippen molar-refractivity contribution in [2.24, 2.45) is 0 Å². The fourth-order valence-electron chi connectivity index (χ4n) is 2.62. The lowest BCUT2D eigenvalue weighted by Crippen LogP contribution is -2.27. The van der Waals surface area contributed by atoms with Gasteiger partial charge in [-0.05, 0) is 64.6 Å². The first-order chi connectivity index (χ1) is 14.8. The summed E-state index contributed by atoms with van der Waals surface area (Å²) in [6.45, 7) is 0. The van der Waals surface area contributed by atoms with E-state index >= 15 is 0 Å². The number of carboxylic acids is 1. The van der Waals surface area contributed by atoms with E-state index in [4.69, 9.17) is 4.74 Å². The molecule has 0 radical (unpaired) electrons. The van der Waals surface area contributed by atoms with E-state index in [2.05, 4.69) is 27.9 Å². The first-order valence-corrected chi connectivity index (χ1v) is 9.95. The van der Waals surface area contributed by atoms with Gasteiger partial charge in [-0.1, -0.05) is 36.4 Å². The van der Waals surface area contributed by atoms with E-state index in [0.29, 0.717) is 17.1 Å². The molecule has 3 rings (SSSR count). The molecule has 1 amide bonds. The molecule has 0 atom stereocenters. The van der Waals surface area contributed by atoms with E-state index in [1.165, 1.54) is 30.3 Å². The highest BCUT2D eigenvalue weighted by Crippen LogP contribution is 2.26. The summed E-state index contributed by atoms with van der Waals surface area (Å²) in [5.74, 6) is -1.03. The Bertz CT molecular complexity index is 1170. The van der Waals surface area contributed by atoms with Crippen LogP contribution in [0.4, 0.5) is 5.69 Å². The number of ether oxygens (including phenoxy) is 1. The maximum Gasteiger partial charge on any atom is 0.352 e. The fourth-order valence-corrected chi connectivity index (χ4v) is 3.12. The Hall–Kier alpha value is -3.73. The molecule has 8 nitrogen and oxygen atoms in total. The molecule has 156 valence electrons. The molecule has 31 heavy (non-hydrogen) atoms. The van der Waals surface area contributed by atoms with Gasteiger partial charge in [0.2, 0.25) is 0 Å². The summed E-state index contributed by atoms with van der Waals surface area (Å²) in [6, 6.07) is 19.4. The minimum absolute atomic E-state index is 0.235. The Morgan fingerprint density at radius 1 is 1.00 bits per heavy atom. The van der Waals surface area contributed by atoms with Crippen LogP contribution in [0.2, 0.25) is 0 Å². The molecule has 0 spiro atoms. The zero-order valence-electron chi connectivity index (χ0n) is 15.8. The van der Waals surface area contributed by atoms with Crippen LogP contribution in [-0.2, 0) is 4.79 Å². The van der Waals surface area contributed by atoms with Crippen LogP contribution in [0.15, 0.2) is 78.5 Å². The maximum atomic E-state index is 12.4. The van der Waals surface area contributed by atoms with Crippen LogP contribution < -0.4 is 10.1 Å². The van der Waals surface area contributed by atoms with Crippen LogP contribution in [0.5, 0.6) is 11.5 Å². The molecule has 9 heteroatoms. The van der Waals surface area contributed by atoms with Crippen LogP contribution >= 0.6 is 22.6 Å². The molecular weight excluding hydrogens is 515 g/mol. The minimum Gasteiger partial charge on any atom is -0.477 e. The standard InChI is InChI=1S/C22H15IN2O6/c23-17-6-2-4-8-20(17)31-15-11-9-14(10-12-15)13-18(22(27)28)24-21(26)16-5-1-3-7-19(16)25(29)30/h1-13H,(H,24,26)(H,27,28)/b18-13+. The van der Waals surface area contributed by atoms with Crippen LogP contribution in [0.25, 0.3) is 6.08 Å². The van der Waals surface area contributed by atoms with Crippen molar-refractivity contribution in [1.82, 2.24) is 5.32 Å². The Balaban J connectivity index is 1.79. The molecule has 0 bridgehead atoms. The monoisotopic (exact) mass is 530 g/mol. The number of halogens is 1. The van der Waals surface area contributed by atoms with Crippen molar-refractivity contribution in [2.45, 2.75) is 0 Å². The minimum atomic E-state index is -1.38. The van der Waals surface area contributed by atoms with E-state index in [0.717, 1.165) is 3.57 Å². The van der Waals surface area contributed by atoms with Gasteiger partial charge >= 0.3 is 5.97 Å². The normalized spacial score (nSPS) is 10.9. The third-order valence-corrected chi connectivity index (χ3v) is 4.97. The Kier molecular flexibility index (Phi) is 6.98. The van der Waals surface area contributed by atoms with Crippen LogP contribution in [0.3, 0.4) is 0 Å². The summed E-state index contributed by atoms with van der Waals surface area (Å²) in [6.07, 6.45) is 1.26. The molecule has 2 N–H and O–H groups in total. The molecule has 0 aliphatic rings. The highest BCUT2D eigenvalue weighted by Gasteiger charge is 2.21. The first-order valence-electron chi connectivity index (χ1n) is 8.87. The van der Waals surface area contributed by atoms with Crippen molar-refractivity contribution in [3.8, 4) is 11.5 Å². The van der Waals surface area contributed by atoms with Crippen molar-refractivity contribution in [2.75, 3.05) is 0 Å². The number of hydrogen-bond donors (Lipinski definition) is 2. The number of rotatable bonds is 7. The number of nitro benzene ring substituents is 1. The van der Waals surface area contributed by atoms with Crippen LogP contribution in [-0.4, -0.2) is 21.9 Å². The number of nitrogens with zero attached hydrogens (tertiary/aromatic N) is 1. The number of aliphatic carboxylic acids is 1. The molecule has 0 aliphatic heterocycles. The summed E-state index contributed by atoms with van der Waals surface area (Å²) in [5, 5.41) is 22.8. The van der Waals surface area contributed by atoms with Crippen LogP contribution in [0, 0.1) is 13.7 Å². The van der Waals surface area contributed by atoms with Gasteiger partial charge in [0.15, 0.2) is 0 Å². The number of benzene rings is 3. The van der Waals surface area contributed by atoms with Crippen molar-refractivity contribution < 1.29 is 24.4 Å². The van der Waals surface area contributed by atoms with E-state index in [1.54, 1.807) is 24.3 Å². The Morgan fingerprint density at radius 3 is 2.29 bits per heavy atom. The van der Waals surface area contributed by atoms with Crippen molar-refractivity contribution >= 4 is 46.2 Å². The summed E-state index contributed by atoms with van der Waals surface area (Å²) < 4.78 is 6.74. The number of carboxylic acid groups (broad SMARTS) is 1. The zero-order valence-corrected chi connectivity index (χ0v) is 18.0. The van der Waals surface area contributed by atoms with Gasteiger partial charge in [0, 0.05) is 6.07 Å². The Labute approximate surface area is 190 Å². The second-order valence-corrected chi connectivity index (χ2v) is 7.36. The predicted octanol–water partition coefficient (Wildman–Crippen LogP) is 4.85. The third kappa shape index (κ3) is 5.66. The first kappa shape index (κ1) is 22.0. The Morgan fingerprint density at radius 2 is 1.65 bits per heavy atom. The second-order valence-electron chi connectivity index (χ2n) is 6.19. The quantitative estimate of drug-likeness (QED) is 0.195. The van der Waals surface area contributed by atoms with E-state index in [1.807, 2.05) is 24.3 Å². The van der Waals surface area contributed by atoms with E-state index in [9.17, 15) is 24.8 Å². The maximum absolute atomic E-state index is 12.4. The molecule has 0 saturated heterocycles. The van der Waals surface area contributed by atoms with Gasteiger partial charge in [-0.15, -0.1) is 0 Å². The number of nitrogens with one attached hydrogen (secondary N) is 1. The summed E-state index contributed by atoms with van der Waals surface area (Å²) in [5.41, 5.74) is -0.576. The third-order valence-electron chi connectivity index (χ3n) is 4.08. The molecule has 0 aliphatic carbocycles. The summed E-state index contributed by atoms with van der Waals surface area (Å²) in [4.78, 5) is 34.4. The van der Waals surface area contributed by atoms with Crippen LogP contribution in [0.1, 0.15) is 15.9 Å². The second kappa shape index (κ2) is 9.85. The SMILES string of the molecule is O=C(O)/C(=C\c1ccc(Oc2ccccc2I)cc1)NC(=O)c1ccccc1[N+](=O)[O-]. The van der Waals surface area contributed by atoms with Gasteiger partial charge in [0.25, 0.3) is 11.6 Å². The summed E-state index contributed by atoms with van der Waals surface area (Å²) in [7, 11) is 0. The van der Waals surface area contributed by atoms with Gasteiger partial charge in [-0.25, -0.2) is 4.79 Å². The molecule has 0 heterocycles. The number of amides is 1.